The van der Waals surface area contributed by atoms with E-state index in [1.54, 1.807) is 26.0 Å². The van der Waals surface area contributed by atoms with Gasteiger partial charge in [0.15, 0.2) is 6.61 Å². The fourth-order valence-electron chi connectivity index (χ4n) is 3.10. The second-order valence-electron chi connectivity index (χ2n) is 7.02. The predicted molar refractivity (Wildman–Crippen MR) is 125 cm³/mol. The largest absolute Gasteiger partial charge is 0.452 e. The number of ether oxygens (including phenoxy) is 1. The predicted octanol–water partition coefficient (Wildman–Crippen LogP) is 4.17. The smallest absolute Gasteiger partial charge is 0.338 e. The zero-order chi connectivity index (χ0) is 23.9. The molecular weight excluding hydrogens is 536 g/mol. The van der Waals surface area contributed by atoms with Gasteiger partial charge in [-0.15, -0.1) is 10.2 Å². The summed E-state index contributed by atoms with van der Waals surface area (Å²) >= 11 is 10.5. The van der Waals surface area contributed by atoms with Crippen LogP contribution in [-0.4, -0.2) is 40.5 Å². The van der Waals surface area contributed by atoms with Crippen LogP contribution >= 0.6 is 38.9 Å². The number of fused-ring (bicyclic) bond motifs is 1. The number of hydrogen-bond acceptors (Lipinski definition) is 8. The van der Waals surface area contributed by atoms with E-state index in [0.717, 1.165) is 21.8 Å². The number of aromatic nitrogens is 2. The maximum absolute atomic E-state index is 12.8. The molecule has 2 aromatic carbocycles. The summed E-state index contributed by atoms with van der Waals surface area (Å²) in [6.45, 7) is 2.94. The zero-order valence-electron chi connectivity index (χ0n) is 17.1. The molecule has 3 amide bonds. The van der Waals surface area contributed by atoms with Gasteiger partial charge >= 0.3 is 5.97 Å². The molecule has 0 aliphatic carbocycles. The minimum atomic E-state index is -0.816. The first-order chi connectivity index (χ1) is 15.7. The molecule has 0 radical (unpaired) electrons. The van der Waals surface area contributed by atoms with Gasteiger partial charge in [-0.3, -0.25) is 14.4 Å². The molecule has 0 fully saturated rings. The summed E-state index contributed by atoms with van der Waals surface area (Å²) in [7, 11) is 0. The lowest BCUT2D eigenvalue weighted by Crippen LogP contribution is -2.29. The van der Waals surface area contributed by atoms with Gasteiger partial charge in [-0.2, -0.15) is 0 Å². The summed E-state index contributed by atoms with van der Waals surface area (Å²) in [5.41, 5.74) is 1.47. The van der Waals surface area contributed by atoms with Gasteiger partial charge < -0.3 is 10.1 Å². The molecule has 2 heterocycles. The number of halogens is 2. The molecule has 0 saturated heterocycles. The summed E-state index contributed by atoms with van der Waals surface area (Å²) in [6, 6.07) is 7.32. The van der Waals surface area contributed by atoms with E-state index in [4.69, 9.17) is 16.3 Å². The molecule has 12 heteroatoms. The normalized spacial score (nSPS) is 12.7. The highest BCUT2D eigenvalue weighted by Gasteiger charge is 2.39. The van der Waals surface area contributed by atoms with Crippen molar-refractivity contribution in [3.05, 3.63) is 67.1 Å². The average molecular weight is 550 g/mol. The van der Waals surface area contributed by atoms with Crippen LogP contribution in [0.25, 0.3) is 0 Å². The Bertz CT molecular complexity index is 1340. The molecule has 9 nitrogen and oxygen atoms in total. The second kappa shape index (κ2) is 9.00. The summed E-state index contributed by atoms with van der Waals surface area (Å²) < 4.78 is 5.76. The van der Waals surface area contributed by atoms with Crippen LogP contribution in [0.15, 0.2) is 34.8 Å². The van der Waals surface area contributed by atoms with Gasteiger partial charge in [0.1, 0.15) is 5.01 Å². The number of esters is 1. The van der Waals surface area contributed by atoms with Crippen molar-refractivity contribution in [2.24, 2.45) is 0 Å². The first-order valence-corrected chi connectivity index (χ1v) is 11.4. The quantitative estimate of drug-likeness (QED) is 0.375. The minimum Gasteiger partial charge on any atom is -0.452 e. The van der Waals surface area contributed by atoms with Crippen LogP contribution in [0.1, 0.15) is 41.6 Å². The van der Waals surface area contributed by atoms with Crippen molar-refractivity contribution in [3.63, 3.8) is 0 Å². The Hall–Kier alpha value is -3.15. The van der Waals surface area contributed by atoms with Crippen molar-refractivity contribution in [3.8, 4) is 0 Å². The van der Waals surface area contributed by atoms with E-state index in [9.17, 15) is 19.2 Å². The molecule has 168 valence electrons. The maximum atomic E-state index is 12.8. The lowest BCUT2D eigenvalue weighted by Gasteiger charge is -2.10. The van der Waals surface area contributed by atoms with E-state index in [1.165, 1.54) is 18.2 Å². The van der Waals surface area contributed by atoms with Crippen molar-refractivity contribution in [2.45, 2.75) is 13.8 Å². The van der Waals surface area contributed by atoms with E-state index < -0.39 is 30.3 Å². The lowest BCUT2D eigenvalue weighted by molar-refractivity contribution is -0.119. The molecule has 0 bridgehead atoms. The van der Waals surface area contributed by atoms with Gasteiger partial charge in [-0.05, 0) is 65.7 Å². The fraction of sp³-hybridized carbons (Fsp3) is 0.143. The van der Waals surface area contributed by atoms with Crippen molar-refractivity contribution in [2.75, 3.05) is 16.8 Å². The lowest BCUT2D eigenvalue weighted by atomic mass is 10.1. The third-order valence-electron chi connectivity index (χ3n) is 4.70. The number of carbonyl (C=O) groups is 4. The summed E-state index contributed by atoms with van der Waals surface area (Å²) in [5.74, 6) is -2.53. The van der Waals surface area contributed by atoms with Gasteiger partial charge in [0.2, 0.25) is 5.13 Å². The Balaban J connectivity index is 1.44. The van der Waals surface area contributed by atoms with Crippen LogP contribution in [0, 0.1) is 13.8 Å². The highest BCUT2D eigenvalue weighted by atomic mass is 79.9. The summed E-state index contributed by atoms with van der Waals surface area (Å²) in [6.07, 6.45) is 0. The number of nitrogens with one attached hydrogen (secondary N) is 1. The van der Waals surface area contributed by atoms with E-state index in [-0.39, 0.29) is 21.8 Å². The van der Waals surface area contributed by atoms with E-state index in [2.05, 4.69) is 31.4 Å². The molecule has 1 aliphatic heterocycles. The topological polar surface area (TPSA) is 119 Å². The Kier molecular flexibility index (Phi) is 6.28. The standard InChI is InChI=1S/C21H14BrClN4O5S/c1-9-5-14(22)15(23)7-16(9)24-17(28)8-32-20(31)11-3-4-12-13(6-11)19(30)27(18(12)29)21-26-25-10(2)33-21/h3-7H,8H2,1-2H3,(H,24,28). The molecular formula is C21H14BrClN4O5S. The number of hydrogen-bond donors (Lipinski definition) is 1. The molecule has 3 aromatic rings. The number of benzene rings is 2. The molecule has 4 rings (SSSR count). The van der Waals surface area contributed by atoms with Crippen LogP contribution in [0.3, 0.4) is 0 Å². The van der Waals surface area contributed by atoms with Gasteiger partial charge in [0, 0.05) is 10.2 Å². The van der Waals surface area contributed by atoms with Crippen molar-refractivity contribution < 1.29 is 23.9 Å². The molecule has 1 N–H and O–H groups in total. The number of rotatable bonds is 5. The van der Waals surface area contributed by atoms with Crippen molar-refractivity contribution in [1.82, 2.24) is 10.2 Å². The first kappa shape index (κ1) is 23.0. The van der Waals surface area contributed by atoms with Gasteiger partial charge in [-0.25, -0.2) is 9.69 Å². The first-order valence-electron chi connectivity index (χ1n) is 9.41. The number of nitrogens with zero attached hydrogens (tertiary/aromatic N) is 3. The zero-order valence-corrected chi connectivity index (χ0v) is 20.3. The van der Waals surface area contributed by atoms with Crippen LogP contribution in [-0.2, 0) is 9.53 Å². The Morgan fingerprint density at radius 1 is 1.12 bits per heavy atom. The number of anilines is 2. The fourth-order valence-corrected chi connectivity index (χ4v) is 4.41. The Labute approximate surface area is 204 Å². The number of carbonyl (C=O) groups excluding carboxylic acids is 4. The summed E-state index contributed by atoms with van der Waals surface area (Å²) in [5, 5.41) is 11.5. The van der Waals surface area contributed by atoms with Crippen LogP contribution < -0.4 is 10.2 Å². The average Bonchev–Trinajstić information content (AvgIpc) is 3.30. The molecule has 0 spiro atoms. The highest BCUT2D eigenvalue weighted by Crippen LogP contribution is 2.31. The molecule has 1 aromatic heterocycles. The van der Waals surface area contributed by atoms with Crippen molar-refractivity contribution in [1.29, 1.82) is 0 Å². The number of aryl methyl sites for hydroxylation is 2. The van der Waals surface area contributed by atoms with Crippen LogP contribution in [0.5, 0.6) is 0 Å². The molecule has 1 aliphatic rings. The van der Waals surface area contributed by atoms with Crippen molar-refractivity contribution >= 4 is 73.4 Å². The Morgan fingerprint density at radius 2 is 1.85 bits per heavy atom. The van der Waals surface area contributed by atoms with E-state index in [1.807, 2.05) is 0 Å². The Morgan fingerprint density at radius 3 is 2.55 bits per heavy atom. The molecule has 33 heavy (non-hydrogen) atoms. The van der Waals surface area contributed by atoms with Gasteiger partial charge in [0.25, 0.3) is 17.7 Å². The number of imide groups is 1. The van der Waals surface area contributed by atoms with Gasteiger partial charge in [0.05, 0.1) is 21.7 Å². The second-order valence-corrected chi connectivity index (χ2v) is 9.44. The molecule has 0 atom stereocenters. The SMILES string of the molecule is Cc1nnc(N2C(=O)c3ccc(C(=O)OCC(=O)Nc4cc(Cl)c(Br)cc4C)cc3C2=O)s1. The van der Waals surface area contributed by atoms with E-state index >= 15 is 0 Å². The third kappa shape index (κ3) is 4.52. The molecule has 0 saturated carbocycles. The van der Waals surface area contributed by atoms with Crippen LogP contribution in [0.4, 0.5) is 10.8 Å². The highest BCUT2D eigenvalue weighted by molar-refractivity contribution is 9.10. The van der Waals surface area contributed by atoms with Gasteiger partial charge in [-0.1, -0.05) is 22.9 Å². The minimum absolute atomic E-state index is 0.0286. The molecule has 0 unspecified atom stereocenters. The maximum Gasteiger partial charge on any atom is 0.338 e. The van der Waals surface area contributed by atoms with E-state index in [0.29, 0.717) is 20.2 Å². The monoisotopic (exact) mass is 548 g/mol. The number of amides is 3. The summed E-state index contributed by atoms with van der Waals surface area (Å²) in [4.78, 5) is 51.0. The van der Waals surface area contributed by atoms with Crippen LogP contribution in [0.2, 0.25) is 5.02 Å². The third-order valence-corrected chi connectivity index (χ3v) is 6.73.